The van der Waals surface area contributed by atoms with Crippen molar-refractivity contribution in [1.82, 2.24) is 0 Å². The number of aromatic hydroxyl groups is 1. The second-order valence-electron chi connectivity index (χ2n) is 6.03. The van der Waals surface area contributed by atoms with Crippen LogP contribution in [0.15, 0.2) is 18.2 Å². The molecule has 17 heavy (non-hydrogen) atoms. The maximum Gasteiger partial charge on any atom is 0.119 e. The highest BCUT2D eigenvalue weighted by atomic mass is 16.3. The third-order valence-electron chi connectivity index (χ3n) is 4.72. The third kappa shape index (κ3) is 2.08. The Balaban J connectivity index is 1.97. The first-order valence-corrected chi connectivity index (χ1v) is 7.00. The fraction of sp³-hybridized carbons (Fsp3) is 0.625. The number of rotatable bonds is 4. The number of benzene rings is 1. The van der Waals surface area contributed by atoms with Gasteiger partial charge in [0.1, 0.15) is 5.75 Å². The Labute approximate surface area is 104 Å². The van der Waals surface area contributed by atoms with Crippen LogP contribution in [-0.4, -0.2) is 5.11 Å². The van der Waals surface area contributed by atoms with Gasteiger partial charge in [0.15, 0.2) is 0 Å². The molecule has 0 amide bonds. The van der Waals surface area contributed by atoms with Crippen LogP contribution in [0.25, 0.3) is 0 Å². The van der Waals surface area contributed by atoms with Crippen LogP contribution in [0.2, 0.25) is 0 Å². The van der Waals surface area contributed by atoms with Crippen LogP contribution >= 0.6 is 0 Å². The minimum atomic E-state index is 0.523. The van der Waals surface area contributed by atoms with Crippen molar-refractivity contribution in [3.05, 3.63) is 29.3 Å². The van der Waals surface area contributed by atoms with Crippen molar-refractivity contribution in [1.29, 1.82) is 0 Å². The van der Waals surface area contributed by atoms with E-state index in [2.05, 4.69) is 19.9 Å². The largest absolute Gasteiger partial charge is 0.508 e. The number of hydrogen-bond acceptors (Lipinski definition) is 1. The molecule has 0 aromatic heterocycles. The van der Waals surface area contributed by atoms with Gasteiger partial charge in [0, 0.05) is 5.56 Å². The second-order valence-corrected chi connectivity index (χ2v) is 6.03. The van der Waals surface area contributed by atoms with E-state index >= 15 is 0 Å². The van der Waals surface area contributed by atoms with E-state index < -0.39 is 0 Å². The molecule has 0 aliphatic heterocycles. The minimum absolute atomic E-state index is 0.523. The lowest BCUT2D eigenvalue weighted by Gasteiger charge is -2.21. The van der Waals surface area contributed by atoms with Crippen molar-refractivity contribution in [2.45, 2.75) is 51.4 Å². The smallest absolute Gasteiger partial charge is 0.119 e. The monoisotopic (exact) mass is 230 g/mol. The van der Waals surface area contributed by atoms with Gasteiger partial charge >= 0.3 is 0 Å². The summed E-state index contributed by atoms with van der Waals surface area (Å²) < 4.78 is 0. The average Bonchev–Trinajstić information content (AvgIpc) is 3.19. The summed E-state index contributed by atoms with van der Waals surface area (Å²) in [5.41, 5.74) is 2.65. The molecule has 1 nitrogen and oxygen atoms in total. The van der Waals surface area contributed by atoms with Gasteiger partial charge in [0.25, 0.3) is 0 Å². The first kappa shape index (κ1) is 11.1. The van der Waals surface area contributed by atoms with Crippen LogP contribution in [0.3, 0.4) is 0 Å². The summed E-state index contributed by atoms with van der Waals surface area (Å²) in [5.74, 6) is 3.36. The third-order valence-corrected chi connectivity index (χ3v) is 4.72. The fourth-order valence-electron chi connectivity index (χ4n) is 3.15. The van der Waals surface area contributed by atoms with E-state index in [-0.39, 0.29) is 0 Å². The quantitative estimate of drug-likeness (QED) is 0.811. The molecular weight excluding hydrogens is 208 g/mol. The van der Waals surface area contributed by atoms with E-state index in [4.69, 9.17) is 0 Å². The zero-order valence-electron chi connectivity index (χ0n) is 10.8. The van der Waals surface area contributed by atoms with Gasteiger partial charge in [-0.1, -0.05) is 26.0 Å². The summed E-state index contributed by atoms with van der Waals surface area (Å²) in [6.07, 6.45) is 5.42. The molecule has 1 aromatic carbocycles. The first-order valence-electron chi connectivity index (χ1n) is 7.00. The molecule has 2 saturated carbocycles. The molecule has 2 aliphatic carbocycles. The summed E-state index contributed by atoms with van der Waals surface area (Å²) >= 11 is 0. The molecule has 2 fully saturated rings. The van der Waals surface area contributed by atoms with E-state index in [1.165, 1.54) is 36.8 Å². The van der Waals surface area contributed by atoms with Crippen molar-refractivity contribution >= 4 is 0 Å². The molecule has 0 saturated heterocycles. The molecule has 2 atom stereocenters. The molecular formula is C16H22O. The van der Waals surface area contributed by atoms with Crippen LogP contribution in [-0.2, 0) is 0 Å². The first-order chi connectivity index (χ1) is 8.18. The molecule has 3 rings (SSSR count). The molecule has 0 radical (unpaired) electrons. The lowest BCUT2D eigenvalue weighted by Crippen LogP contribution is -2.06. The van der Waals surface area contributed by atoms with Gasteiger partial charge in [-0.05, 0) is 61.0 Å². The molecule has 2 aliphatic rings. The van der Waals surface area contributed by atoms with Crippen molar-refractivity contribution < 1.29 is 5.11 Å². The molecule has 92 valence electrons. The Morgan fingerprint density at radius 2 is 1.59 bits per heavy atom. The van der Waals surface area contributed by atoms with Gasteiger partial charge in [-0.3, -0.25) is 0 Å². The number of phenols is 1. The summed E-state index contributed by atoms with van der Waals surface area (Å²) in [6.45, 7) is 4.62. The molecule has 0 heterocycles. The highest BCUT2D eigenvalue weighted by Crippen LogP contribution is 2.50. The molecule has 0 unspecified atom stereocenters. The summed E-state index contributed by atoms with van der Waals surface area (Å²) in [7, 11) is 0. The van der Waals surface area contributed by atoms with E-state index in [9.17, 15) is 5.11 Å². The molecule has 1 heteroatoms. The predicted octanol–water partition coefficient (Wildman–Crippen LogP) is 4.42. The van der Waals surface area contributed by atoms with E-state index in [1.54, 1.807) is 0 Å². The van der Waals surface area contributed by atoms with Crippen LogP contribution in [0.1, 0.15) is 62.5 Å². The Morgan fingerprint density at radius 1 is 1.00 bits per heavy atom. The molecule has 0 spiro atoms. The Morgan fingerprint density at radius 3 is 2.18 bits per heavy atom. The standard InChI is InChI=1S/C16H22O/c1-10(12-6-7-12)14-4-3-5-15(17)16(14)11(2)13-8-9-13/h3-5,10-13,17H,6-9H2,1-2H3/t10-,11-/m1/s1. The zero-order chi connectivity index (χ0) is 12.0. The highest BCUT2D eigenvalue weighted by molar-refractivity contribution is 5.44. The summed E-state index contributed by atoms with van der Waals surface area (Å²) in [6, 6.07) is 6.10. The number of phenolic OH excluding ortho intramolecular Hbond substituents is 1. The molecule has 1 aromatic rings. The minimum Gasteiger partial charge on any atom is -0.508 e. The van der Waals surface area contributed by atoms with Crippen LogP contribution < -0.4 is 0 Å². The van der Waals surface area contributed by atoms with E-state index in [0.29, 0.717) is 17.6 Å². The van der Waals surface area contributed by atoms with Crippen molar-refractivity contribution in [2.24, 2.45) is 11.8 Å². The van der Waals surface area contributed by atoms with Gasteiger partial charge in [0.05, 0.1) is 0 Å². The van der Waals surface area contributed by atoms with Gasteiger partial charge in [-0.2, -0.15) is 0 Å². The van der Waals surface area contributed by atoms with Crippen LogP contribution in [0.4, 0.5) is 0 Å². The molecule has 1 N–H and O–H groups in total. The van der Waals surface area contributed by atoms with Gasteiger partial charge in [-0.15, -0.1) is 0 Å². The Hall–Kier alpha value is -0.980. The van der Waals surface area contributed by atoms with Crippen LogP contribution in [0.5, 0.6) is 5.75 Å². The SMILES string of the molecule is C[C@@H](c1cccc(O)c1[C@H](C)C1CC1)C1CC1. The van der Waals surface area contributed by atoms with Gasteiger partial charge in [0.2, 0.25) is 0 Å². The lowest BCUT2D eigenvalue weighted by molar-refractivity contribution is 0.454. The second kappa shape index (κ2) is 4.04. The zero-order valence-corrected chi connectivity index (χ0v) is 10.8. The van der Waals surface area contributed by atoms with Crippen molar-refractivity contribution in [2.75, 3.05) is 0 Å². The lowest BCUT2D eigenvalue weighted by atomic mass is 9.84. The van der Waals surface area contributed by atoms with Gasteiger partial charge < -0.3 is 5.11 Å². The maximum absolute atomic E-state index is 10.2. The normalized spacial score (nSPS) is 23.4. The Kier molecular flexibility index (Phi) is 2.65. The van der Waals surface area contributed by atoms with Crippen LogP contribution in [0, 0.1) is 11.8 Å². The average molecular weight is 230 g/mol. The molecule has 0 bridgehead atoms. The van der Waals surface area contributed by atoms with Crippen molar-refractivity contribution in [3.8, 4) is 5.75 Å². The fourth-order valence-corrected chi connectivity index (χ4v) is 3.15. The number of hydrogen-bond donors (Lipinski definition) is 1. The van der Waals surface area contributed by atoms with E-state index in [1.807, 2.05) is 12.1 Å². The Bertz CT molecular complexity index is 416. The van der Waals surface area contributed by atoms with Gasteiger partial charge in [-0.25, -0.2) is 0 Å². The topological polar surface area (TPSA) is 20.2 Å². The van der Waals surface area contributed by atoms with E-state index in [0.717, 1.165) is 11.8 Å². The van der Waals surface area contributed by atoms with Crippen molar-refractivity contribution in [3.63, 3.8) is 0 Å². The summed E-state index contributed by atoms with van der Waals surface area (Å²) in [4.78, 5) is 0. The highest BCUT2D eigenvalue weighted by Gasteiger charge is 2.35. The predicted molar refractivity (Wildman–Crippen MR) is 70.4 cm³/mol. The maximum atomic E-state index is 10.2. The summed E-state index contributed by atoms with van der Waals surface area (Å²) in [5, 5.41) is 10.2.